The predicted octanol–water partition coefficient (Wildman–Crippen LogP) is 2.60. The van der Waals surface area contributed by atoms with E-state index in [1.54, 1.807) is 13.2 Å². The lowest BCUT2D eigenvalue weighted by Crippen LogP contribution is -2.33. The Morgan fingerprint density at radius 1 is 1.38 bits per heavy atom. The molecule has 0 aromatic heterocycles. The molecule has 90 valence electrons. The molecule has 2 N–H and O–H groups in total. The number of ether oxygens (including phenoxy) is 2. The number of methoxy groups -OCH3 is 1. The van der Waals surface area contributed by atoms with Crippen molar-refractivity contribution in [1.29, 1.82) is 0 Å². The summed E-state index contributed by atoms with van der Waals surface area (Å²) in [7, 11) is 1.63. The summed E-state index contributed by atoms with van der Waals surface area (Å²) in [5, 5.41) is 0.671. The first kappa shape index (κ1) is 13.3. The summed E-state index contributed by atoms with van der Waals surface area (Å²) in [4.78, 5) is 0. The van der Waals surface area contributed by atoms with Gasteiger partial charge in [0, 0.05) is 17.1 Å². The molecule has 0 atom stereocenters. The zero-order valence-corrected chi connectivity index (χ0v) is 10.7. The Kier molecular flexibility index (Phi) is 4.59. The molecule has 0 spiro atoms. The number of nitrogens with two attached hydrogens (primary N) is 1. The lowest BCUT2D eigenvalue weighted by molar-refractivity contribution is -0.0228. The molecule has 0 unspecified atom stereocenters. The summed E-state index contributed by atoms with van der Waals surface area (Å²) in [5.74, 6) is 0.775. The maximum absolute atomic E-state index is 5.92. The fourth-order valence-corrected chi connectivity index (χ4v) is 1.39. The summed E-state index contributed by atoms with van der Waals surface area (Å²) in [6, 6.07) is 5.46. The van der Waals surface area contributed by atoms with Gasteiger partial charge in [-0.25, -0.2) is 0 Å². The fraction of sp³-hybridized carbons (Fsp3) is 0.500. The highest BCUT2D eigenvalue weighted by molar-refractivity contribution is 6.30. The van der Waals surface area contributed by atoms with Gasteiger partial charge in [-0.1, -0.05) is 11.6 Å². The molecular weight excluding hydrogens is 226 g/mol. The maximum Gasteiger partial charge on any atom is 0.124 e. The minimum absolute atomic E-state index is 0.340. The van der Waals surface area contributed by atoms with Crippen LogP contribution >= 0.6 is 11.6 Å². The van der Waals surface area contributed by atoms with Gasteiger partial charge in [0.15, 0.2) is 0 Å². The average Bonchev–Trinajstić information content (AvgIpc) is 2.27. The van der Waals surface area contributed by atoms with Gasteiger partial charge in [-0.2, -0.15) is 0 Å². The lowest BCUT2D eigenvalue weighted by atomic mass is 10.1. The van der Waals surface area contributed by atoms with Crippen LogP contribution in [-0.4, -0.2) is 19.3 Å². The fourth-order valence-electron chi connectivity index (χ4n) is 1.19. The molecule has 3 nitrogen and oxygen atoms in total. The first-order valence-electron chi connectivity index (χ1n) is 5.15. The molecule has 1 rings (SSSR count). The van der Waals surface area contributed by atoms with Crippen molar-refractivity contribution >= 4 is 11.6 Å². The van der Waals surface area contributed by atoms with E-state index in [9.17, 15) is 0 Å². The van der Waals surface area contributed by atoms with E-state index in [1.807, 2.05) is 26.0 Å². The van der Waals surface area contributed by atoms with Crippen LogP contribution in [0.5, 0.6) is 5.75 Å². The molecule has 0 aliphatic heterocycles. The Morgan fingerprint density at radius 3 is 2.62 bits per heavy atom. The van der Waals surface area contributed by atoms with Crippen molar-refractivity contribution in [3.63, 3.8) is 0 Å². The van der Waals surface area contributed by atoms with Gasteiger partial charge in [0.25, 0.3) is 0 Å². The number of hydrogen-bond acceptors (Lipinski definition) is 3. The van der Waals surface area contributed by atoms with E-state index in [4.69, 9.17) is 26.8 Å². The van der Waals surface area contributed by atoms with E-state index in [2.05, 4.69) is 0 Å². The van der Waals surface area contributed by atoms with Crippen molar-refractivity contribution in [2.45, 2.75) is 26.1 Å². The monoisotopic (exact) mass is 243 g/mol. The van der Waals surface area contributed by atoms with E-state index in [-0.39, 0.29) is 5.60 Å². The van der Waals surface area contributed by atoms with Crippen LogP contribution in [0.15, 0.2) is 18.2 Å². The largest absolute Gasteiger partial charge is 0.496 e. The number of benzene rings is 1. The van der Waals surface area contributed by atoms with Gasteiger partial charge in [-0.3, -0.25) is 0 Å². The minimum Gasteiger partial charge on any atom is -0.496 e. The third-order valence-corrected chi connectivity index (χ3v) is 2.59. The van der Waals surface area contributed by atoms with Gasteiger partial charge >= 0.3 is 0 Å². The van der Waals surface area contributed by atoms with Crippen LogP contribution in [0.2, 0.25) is 5.02 Å². The molecule has 0 amide bonds. The Bertz CT molecular complexity index is 353. The van der Waals surface area contributed by atoms with Crippen molar-refractivity contribution in [1.82, 2.24) is 0 Å². The van der Waals surface area contributed by atoms with Gasteiger partial charge in [-0.15, -0.1) is 0 Å². The first-order chi connectivity index (χ1) is 7.48. The first-order valence-corrected chi connectivity index (χ1v) is 5.53. The van der Waals surface area contributed by atoms with Crippen LogP contribution in [0.25, 0.3) is 0 Å². The van der Waals surface area contributed by atoms with E-state index in [0.29, 0.717) is 18.2 Å². The van der Waals surface area contributed by atoms with Crippen LogP contribution in [0, 0.1) is 0 Å². The maximum atomic E-state index is 5.92. The third kappa shape index (κ3) is 3.67. The second-order valence-corrected chi connectivity index (χ2v) is 4.65. The number of rotatable bonds is 5. The Hall–Kier alpha value is -0.770. The smallest absolute Gasteiger partial charge is 0.124 e. The highest BCUT2D eigenvalue weighted by atomic mass is 35.5. The Balaban J connectivity index is 2.76. The van der Waals surface area contributed by atoms with Crippen LogP contribution in [-0.2, 0) is 11.3 Å². The second-order valence-electron chi connectivity index (χ2n) is 4.21. The van der Waals surface area contributed by atoms with E-state index >= 15 is 0 Å². The summed E-state index contributed by atoms with van der Waals surface area (Å²) in [6.07, 6.45) is 0. The highest BCUT2D eigenvalue weighted by Crippen LogP contribution is 2.24. The molecule has 0 aliphatic carbocycles. The molecule has 0 saturated carbocycles. The van der Waals surface area contributed by atoms with Gasteiger partial charge in [0.05, 0.1) is 19.3 Å². The van der Waals surface area contributed by atoms with Crippen LogP contribution in [0.4, 0.5) is 0 Å². The third-order valence-electron chi connectivity index (χ3n) is 2.35. The predicted molar refractivity (Wildman–Crippen MR) is 65.9 cm³/mol. The van der Waals surface area contributed by atoms with Crippen LogP contribution in [0.1, 0.15) is 19.4 Å². The van der Waals surface area contributed by atoms with E-state index in [0.717, 1.165) is 11.3 Å². The van der Waals surface area contributed by atoms with Crippen LogP contribution in [0.3, 0.4) is 0 Å². The van der Waals surface area contributed by atoms with Gasteiger partial charge in [0.1, 0.15) is 5.75 Å². The summed E-state index contributed by atoms with van der Waals surface area (Å²) in [5.41, 5.74) is 6.18. The molecule has 16 heavy (non-hydrogen) atoms. The summed E-state index contributed by atoms with van der Waals surface area (Å²) < 4.78 is 10.9. The minimum atomic E-state index is -0.340. The SMILES string of the molecule is COc1ccc(Cl)cc1COC(C)(C)CN. The average molecular weight is 244 g/mol. The number of hydrogen-bond donors (Lipinski definition) is 1. The zero-order chi connectivity index (χ0) is 12.2. The molecule has 0 radical (unpaired) electrons. The lowest BCUT2D eigenvalue weighted by Gasteiger charge is -2.23. The van der Waals surface area contributed by atoms with Crippen molar-refractivity contribution < 1.29 is 9.47 Å². The molecule has 4 heteroatoms. The Morgan fingerprint density at radius 2 is 2.06 bits per heavy atom. The topological polar surface area (TPSA) is 44.5 Å². The van der Waals surface area contributed by atoms with E-state index in [1.165, 1.54) is 0 Å². The number of halogens is 1. The van der Waals surface area contributed by atoms with Gasteiger partial charge < -0.3 is 15.2 Å². The Labute approximate surface area is 101 Å². The molecule has 0 fully saturated rings. The quantitative estimate of drug-likeness (QED) is 0.865. The van der Waals surface area contributed by atoms with Crippen molar-refractivity contribution in [3.8, 4) is 5.75 Å². The molecule has 1 aromatic carbocycles. The van der Waals surface area contributed by atoms with E-state index < -0.39 is 0 Å². The molecule has 0 aliphatic rings. The second kappa shape index (κ2) is 5.53. The van der Waals surface area contributed by atoms with Crippen molar-refractivity contribution in [2.24, 2.45) is 5.73 Å². The van der Waals surface area contributed by atoms with Crippen molar-refractivity contribution in [2.75, 3.05) is 13.7 Å². The summed E-state index contributed by atoms with van der Waals surface area (Å²) in [6.45, 7) is 4.80. The highest BCUT2D eigenvalue weighted by Gasteiger charge is 2.16. The zero-order valence-electron chi connectivity index (χ0n) is 9.92. The molecule has 0 heterocycles. The van der Waals surface area contributed by atoms with Crippen molar-refractivity contribution in [3.05, 3.63) is 28.8 Å². The molecule has 0 saturated heterocycles. The molecular formula is C12H18ClNO2. The van der Waals surface area contributed by atoms with Gasteiger partial charge in [-0.05, 0) is 32.0 Å². The summed E-state index contributed by atoms with van der Waals surface area (Å²) >= 11 is 5.92. The van der Waals surface area contributed by atoms with Gasteiger partial charge in [0.2, 0.25) is 0 Å². The normalized spacial score (nSPS) is 11.6. The van der Waals surface area contributed by atoms with Crippen LogP contribution < -0.4 is 10.5 Å². The standard InChI is InChI=1S/C12H18ClNO2/c1-12(2,8-14)16-7-9-6-10(13)4-5-11(9)15-3/h4-6H,7-8,14H2,1-3H3. The molecule has 0 bridgehead atoms. The molecule has 1 aromatic rings.